The number of hydrogen-bond donors (Lipinski definition) is 2. The van der Waals surface area contributed by atoms with Gasteiger partial charge in [0.25, 0.3) is 5.91 Å². The average Bonchev–Trinajstić information content (AvgIpc) is 2.83. The van der Waals surface area contributed by atoms with Crippen LogP contribution in [0.4, 0.5) is 0 Å². The highest BCUT2D eigenvalue weighted by atomic mass is 35.5. The van der Waals surface area contributed by atoms with Gasteiger partial charge in [0.1, 0.15) is 0 Å². The third-order valence-corrected chi connectivity index (χ3v) is 3.04. The van der Waals surface area contributed by atoms with Crippen molar-refractivity contribution in [1.82, 2.24) is 10.5 Å². The Hall–Kier alpha value is -2.34. The number of benzene rings is 1. The van der Waals surface area contributed by atoms with E-state index in [1.807, 2.05) is 0 Å². The minimum Gasteiger partial charge on any atom is -0.479 e. The summed E-state index contributed by atoms with van der Waals surface area (Å²) in [6, 6.07) is 5.14. The summed E-state index contributed by atoms with van der Waals surface area (Å²) in [7, 11) is 0. The number of rotatable bonds is 4. The van der Waals surface area contributed by atoms with E-state index in [1.165, 1.54) is 12.3 Å². The number of hydrogen-bond acceptors (Lipinski definition) is 4. The first-order valence-electron chi connectivity index (χ1n) is 5.70. The van der Waals surface area contributed by atoms with Crippen molar-refractivity contribution in [3.8, 4) is 0 Å². The first-order valence-corrected chi connectivity index (χ1v) is 6.08. The smallest absolute Gasteiger partial charge is 0.330 e. The van der Waals surface area contributed by atoms with E-state index in [0.717, 1.165) is 0 Å². The maximum Gasteiger partial charge on any atom is 0.330 e. The largest absolute Gasteiger partial charge is 0.479 e. The zero-order valence-electron chi connectivity index (χ0n) is 10.5. The lowest BCUT2D eigenvalue weighted by molar-refractivity contribution is -0.139. The van der Waals surface area contributed by atoms with Crippen LogP contribution in [0.25, 0.3) is 0 Å². The third kappa shape index (κ3) is 2.80. The van der Waals surface area contributed by atoms with E-state index in [2.05, 4.69) is 10.5 Å². The third-order valence-electron chi connectivity index (χ3n) is 2.69. The van der Waals surface area contributed by atoms with Crippen molar-refractivity contribution in [2.24, 2.45) is 0 Å². The molecular formula is C13H11ClN2O4. The molecule has 1 atom stereocenters. The second kappa shape index (κ2) is 5.75. The van der Waals surface area contributed by atoms with Gasteiger partial charge in [0.05, 0.1) is 6.20 Å². The van der Waals surface area contributed by atoms with Crippen molar-refractivity contribution < 1.29 is 19.2 Å². The van der Waals surface area contributed by atoms with Crippen LogP contribution < -0.4 is 5.32 Å². The van der Waals surface area contributed by atoms with Gasteiger partial charge in [0.15, 0.2) is 6.04 Å². The fraction of sp³-hybridized carbons (Fsp3) is 0.154. The van der Waals surface area contributed by atoms with E-state index in [9.17, 15) is 14.7 Å². The number of carboxylic acids is 1. The zero-order valence-corrected chi connectivity index (χ0v) is 11.2. The lowest BCUT2D eigenvalue weighted by Crippen LogP contribution is -2.34. The summed E-state index contributed by atoms with van der Waals surface area (Å²) in [5.41, 5.74) is 0.818. The molecule has 0 spiro atoms. The number of carboxylic acid groups (broad SMARTS) is 1. The van der Waals surface area contributed by atoms with Gasteiger partial charge in [-0.2, -0.15) is 0 Å². The number of carbonyl (C=O) groups excluding carboxylic acids is 1. The van der Waals surface area contributed by atoms with Crippen LogP contribution in [-0.4, -0.2) is 22.1 Å². The summed E-state index contributed by atoms with van der Waals surface area (Å²) in [6.07, 6.45) is 1.38. The molecule has 2 N–H and O–H groups in total. The number of aliphatic carboxylic acids is 1. The molecule has 20 heavy (non-hydrogen) atoms. The molecule has 0 saturated heterocycles. The molecule has 0 aliphatic rings. The first kappa shape index (κ1) is 14.1. The molecule has 1 aromatic heterocycles. The first-order chi connectivity index (χ1) is 9.50. The molecule has 0 unspecified atom stereocenters. The molecule has 0 radical (unpaired) electrons. The van der Waals surface area contributed by atoms with Crippen molar-refractivity contribution in [3.63, 3.8) is 0 Å². The summed E-state index contributed by atoms with van der Waals surface area (Å²) >= 11 is 5.95. The highest BCUT2D eigenvalue weighted by molar-refractivity contribution is 6.31. The number of nitrogens with zero attached hydrogens (tertiary/aromatic N) is 1. The highest BCUT2D eigenvalue weighted by Gasteiger charge is 2.26. The Morgan fingerprint density at radius 2 is 2.10 bits per heavy atom. The van der Waals surface area contributed by atoms with E-state index in [4.69, 9.17) is 16.1 Å². The molecule has 2 rings (SSSR count). The monoisotopic (exact) mass is 294 g/mol. The Morgan fingerprint density at radius 3 is 2.65 bits per heavy atom. The molecular weight excluding hydrogens is 284 g/mol. The minimum absolute atomic E-state index is 0.0247. The second-order valence-corrected chi connectivity index (χ2v) is 4.51. The van der Waals surface area contributed by atoms with Crippen LogP contribution in [0.1, 0.15) is 27.7 Å². The van der Waals surface area contributed by atoms with Crippen LogP contribution in [-0.2, 0) is 4.79 Å². The molecule has 1 amide bonds. The Balaban J connectivity index is 2.28. The normalized spacial score (nSPS) is 11.9. The predicted octanol–water partition coefficient (Wildman–Crippen LogP) is 2.19. The van der Waals surface area contributed by atoms with Crippen molar-refractivity contribution >= 4 is 23.5 Å². The number of aryl methyl sites for hydroxylation is 1. The molecule has 1 aromatic carbocycles. The van der Waals surface area contributed by atoms with Gasteiger partial charge in [-0.05, 0) is 13.0 Å². The van der Waals surface area contributed by atoms with Crippen LogP contribution in [0.15, 0.2) is 35.0 Å². The number of carbonyl (C=O) groups is 2. The number of aromatic nitrogens is 1. The van der Waals surface area contributed by atoms with Crippen molar-refractivity contribution in [2.45, 2.75) is 13.0 Å². The van der Waals surface area contributed by atoms with Crippen LogP contribution in [0.5, 0.6) is 0 Å². The molecule has 0 aliphatic heterocycles. The van der Waals surface area contributed by atoms with Gasteiger partial charge in [0.2, 0.25) is 5.76 Å². The molecule has 7 heteroatoms. The molecule has 104 valence electrons. The van der Waals surface area contributed by atoms with E-state index in [0.29, 0.717) is 11.1 Å². The van der Waals surface area contributed by atoms with E-state index in [1.54, 1.807) is 25.1 Å². The van der Waals surface area contributed by atoms with Crippen LogP contribution in [0, 0.1) is 6.92 Å². The molecule has 6 nitrogen and oxygen atoms in total. The van der Waals surface area contributed by atoms with Crippen molar-refractivity contribution in [2.75, 3.05) is 0 Å². The Bertz CT molecular complexity index is 653. The van der Waals surface area contributed by atoms with Gasteiger partial charge in [0, 0.05) is 16.1 Å². The fourth-order valence-corrected chi connectivity index (χ4v) is 1.93. The maximum absolute atomic E-state index is 12.0. The Morgan fingerprint density at radius 1 is 1.40 bits per heavy atom. The number of halogens is 1. The minimum atomic E-state index is -1.26. The molecule has 1 heterocycles. The van der Waals surface area contributed by atoms with Gasteiger partial charge in [-0.3, -0.25) is 4.79 Å². The Kier molecular flexibility index (Phi) is 4.05. The van der Waals surface area contributed by atoms with Crippen LogP contribution >= 0.6 is 11.6 Å². The lowest BCUT2D eigenvalue weighted by Gasteiger charge is -2.15. The van der Waals surface area contributed by atoms with Gasteiger partial charge >= 0.3 is 5.97 Å². The standard InChI is InChI=1S/C13H11ClN2O4/c1-7-6-15-20-11(7)12(17)16-10(13(18)19)8-4-2-3-5-9(8)14/h2-6,10H,1H3,(H,16,17)(H,18,19)/t10-/m1/s1. The number of nitrogens with one attached hydrogen (secondary N) is 1. The lowest BCUT2D eigenvalue weighted by atomic mass is 10.1. The molecule has 0 bridgehead atoms. The van der Waals surface area contributed by atoms with E-state index in [-0.39, 0.29) is 10.8 Å². The maximum atomic E-state index is 12.0. The van der Waals surface area contributed by atoms with Gasteiger partial charge in [-0.15, -0.1) is 0 Å². The topological polar surface area (TPSA) is 92.4 Å². The summed E-state index contributed by atoms with van der Waals surface area (Å²) in [6.45, 7) is 1.64. The van der Waals surface area contributed by atoms with Gasteiger partial charge in [-0.25, -0.2) is 4.79 Å². The number of amides is 1. The summed E-state index contributed by atoms with van der Waals surface area (Å²) < 4.78 is 4.78. The van der Waals surface area contributed by atoms with Crippen LogP contribution in [0.3, 0.4) is 0 Å². The summed E-state index contributed by atoms with van der Waals surface area (Å²) in [5, 5.41) is 15.3. The molecule has 2 aromatic rings. The highest BCUT2D eigenvalue weighted by Crippen LogP contribution is 2.23. The summed E-state index contributed by atoms with van der Waals surface area (Å²) in [5.74, 6) is -1.90. The average molecular weight is 295 g/mol. The predicted molar refractivity (Wildman–Crippen MR) is 70.5 cm³/mol. The van der Waals surface area contributed by atoms with E-state index < -0.39 is 17.9 Å². The van der Waals surface area contributed by atoms with Crippen molar-refractivity contribution in [1.29, 1.82) is 0 Å². The zero-order chi connectivity index (χ0) is 14.7. The summed E-state index contributed by atoms with van der Waals surface area (Å²) in [4.78, 5) is 23.3. The second-order valence-electron chi connectivity index (χ2n) is 4.10. The van der Waals surface area contributed by atoms with Gasteiger partial charge in [-0.1, -0.05) is 35.0 Å². The molecule has 0 saturated carbocycles. The van der Waals surface area contributed by atoms with Crippen LogP contribution in [0.2, 0.25) is 5.02 Å². The Labute approximate surface area is 119 Å². The van der Waals surface area contributed by atoms with E-state index >= 15 is 0 Å². The quantitative estimate of drug-likeness (QED) is 0.901. The van der Waals surface area contributed by atoms with Crippen molar-refractivity contribution in [3.05, 3.63) is 52.4 Å². The molecule has 0 aliphatic carbocycles. The fourth-order valence-electron chi connectivity index (χ4n) is 1.69. The SMILES string of the molecule is Cc1cnoc1C(=O)N[C@@H](C(=O)O)c1ccccc1Cl. The molecule has 0 fully saturated rings. The van der Waals surface area contributed by atoms with Gasteiger partial charge < -0.3 is 14.9 Å².